The van der Waals surface area contributed by atoms with Gasteiger partial charge in [-0.15, -0.1) is 12.4 Å². The van der Waals surface area contributed by atoms with E-state index in [9.17, 15) is 4.39 Å². The summed E-state index contributed by atoms with van der Waals surface area (Å²) in [6.07, 6.45) is 1.04. The first-order valence-corrected chi connectivity index (χ1v) is 9.86. The van der Waals surface area contributed by atoms with E-state index in [1.54, 1.807) is 25.3 Å². The van der Waals surface area contributed by atoms with Gasteiger partial charge in [0.2, 0.25) is 0 Å². The SMILES string of the molecule is COc1cc(CNC(C)(C)CC(C)(C)C)cc(Cl)c1OCc1ccccc1F.Cl. The van der Waals surface area contributed by atoms with Crippen molar-refractivity contribution in [3.8, 4) is 11.5 Å². The summed E-state index contributed by atoms with van der Waals surface area (Å²) in [4.78, 5) is 0. The van der Waals surface area contributed by atoms with Gasteiger partial charge in [0.25, 0.3) is 0 Å². The van der Waals surface area contributed by atoms with Gasteiger partial charge in [0.15, 0.2) is 11.5 Å². The number of benzene rings is 2. The van der Waals surface area contributed by atoms with Gasteiger partial charge in [-0.05, 0) is 49.4 Å². The first-order valence-electron chi connectivity index (χ1n) is 9.48. The zero-order chi connectivity index (χ0) is 20.9. The summed E-state index contributed by atoms with van der Waals surface area (Å²) in [6, 6.07) is 10.3. The van der Waals surface area contributed by atoms with Crippen molar-refractivity contribution < 1.29 is 13.9 Å². The molecule has 2 rings (SSSR count). The maximum absolute atomic E-state index is 13.8. The van der Waals surface area contributed by atoms with Gasteiger partial charge < -0.3 is 14.8 Å². The minimum Gasteiger partial charge on any atom is -0.493 e. The number of hydrogen-bond donors (Lipinski definition) is 1. The Hall–Kier alpha value is -1.49. The van der Waals surface area contributed by atoms with E-state index in [0.29, 0.717) is 28.6 Å². The number of methoxy groups -OCH3 is 1. The van der Waals surface area contributed by atoms with Gasteiger partial charge in [0.05, 0.1) is 12.1 Å². The van der Waals surface area contributed by atoms with Crippen LogP contribution in [0.2, 0.25) is 5.02 Å². The molecule has 0 fully saturated rings. The summed E-state index contributed by atoms with van der Waals surface area (Å²) in [5, 5.41) is 4.04. The van der Waals surface area contributed by atoms with Crippen LogP contribution in [0.4, 0.5) is 4.39 Å². The molecule has 1 N–H and O–H groups in total. The Morgan fingerprint density at radius 2 is 1.72 bits per heavy atom. The third-order valence-electron chi connectivity index (χ3n) is 4.36. The third kappa shape index (κ3) is 8.04. The van der Waals surface area contributed by atoms with E-state index in [2.05, 4.69) is 39.9 Å². The second-order valence-corrected chi connectivity index (χ2v) is 9.37. The minimum atomic E-state index is -0.306. The summed E-state index contributed by atoms with van der Waals surface area (Å²) < 4.78 is 25.1. The molecule has 29 heavy (non-hydrogen) atoms. The first-order chi connectivity index (χ1) is 13.0. The third-order valence-corrected chi connectivity index (χ3v) is 4.64. The quantitative estimate of drug-likeness (QED) is 0.486. The van der Waals surface area contributed by atoms with Crippen molar-refractivity contribution in [1.82, 2.24) is 5.32 Å². The lowest BCUT2D eigenvalue weighted by atomic mass is 9.82. The predicted octanol–water partition coefficient (Wildman–Crippen LogP) is 6.79. The van der Waals surface area contributed by atoms with Crippen molar-refractivity contribution in [1.29, 1.82) is 0 Å². The highest BCUT2D eigenvalue weighted by Gasteiger charge is 2.25. The molecule has 0 radical (unpaired) electrons. The Kier molecular flexibility index (Phi) is 9.26. The van der Waals surface area contributed by atoms with E-state index < -0.39 is 0 Å². The highest BCUT2D eigenvalue weighted by atomic mass is 35.5. The van der Waals surface area contributed by atoms with Crippen LogP contribution in [0.3, 0.4) is 0 Å². The lowest BCUT2D eigenvalue weighted by Gasteiger charge is -2.33. The maximum Gasteiger partial charge on any atom is 0.180 e. The van der Waals surface area contributed by atoms with Crippen molar-refractivity contribution in [3.63, 3.8) is 0 Å². The lowest BCUT2D eigenvalue weighted by Crippen LogP contribution is -2.41. The van der Waals surface area contributed by atoms with E-state index in [1.807, 2.05) is 12.1 Å². The van der Waals surface area contributed by atoms with Crippen LogP contribution in [-0.2, 0) is 13.2 Å². The molecule has 6 heteroatoms. The molecule has 162 valence electrons. The van der Waals surface area contributed by atoms with Crippen molar-refractivity contribution in [2.75, 3.05) is 7.11 Å². The van der Waals surface area contributed by atoms with Crippen LogP contribution < -0.4 is 14.8 Å². The second-order valence-electron chi connectivity index (χ2n) is 8.96. The fourth-order valence-corrected chi connectivity index (χ4v) is 3.80. The molecule has 0 aliphatic heterocycles. The highest BCUT2D eigenvalue weighted by molar-refractivity contribution is 6.32. The van der Waals surface area contributed by atoms with E-state index in [4.69, 9.17) is 21.1 Å². The van der Waals surface area contributed by atoms with Gasteiger partial charge in [-0.2, -0.15) is 0 Å². The molecule has 2 aromatic carbocycles. The molecule has 0 aromatic heterocycles. The Morgan fingerprint density at radius 1 is 1.07 bits per heavy atom. The molecule has 0 amide bonds. The van der Waals surface area contributed by atoms with E-state index >= 15 is 0 Å². The molecule has 0 bridgehead atoms. The summed E-state index contributed by atoms with van der Waals surface area (Å²) in [5.41, 5.74) is 1.69. The fraction of sp³-hybridized carbons (Fsp3) is 0.478. The van der Waals surface area contributed by atoms with Gasteiger partial charge in [0, 0.05) is 17.6 Å². The summed E-state index contributed by atoms with van der Waals surface area (Å²) >= 11 is 6.45. The molecule has 0 heterocycles. The topological polar surface area (TPSA) is 30.5 Å². The minimum absolute atomic E-state index is 0. The number of hydrogen-bond acceptors (Lipinski definition) is 3. The lowest BCUT2D eigenvalue weighted by molar-refractivity contribution is 0.240. The molecule has 2 aromatic rings. The predicted molar refractivity (Wildman–Crippen MR) is 121 cm³/mol. The average Bonchev–Trinajstić information content (AvgIpc) is 2.58. The molecule has 0 aliphatic rings. The Balaban J connectivity index is 0.00000420. The number of ether oxygens (including phenoxy) is 2. The fourth-order valence-electron chi connectivity index (χ4n) is 3.51. The second kappa shape index (κ2) is 10.5. The molecular formula is C23H32Cl2FNO2. The van der Waals surface area contributed by atoms with Crippen molar-refractivity contribution >= 4 is 24.0 Å². The molecule has 0 atom stereocenters. The monoisotopic (exact) mass is 443 g/mol. The van der Waals surface area contributed by atoms with Crippen LogP contribution >= 0.6 is 24.0 Å². The molecular weight excluding hydrogens is 412 g/mol. The zero-order valence-electron chi connectivity index (χ0n) is 18.1. The Bertz CT molecular complexity index is 804. The van der Waals surface area contributed by atoms with Crippen molar-refractivity contribution in [2.45, 2.75) is 59.7 Å². The molecule has 3 nitrogen and oxygen atoms in total. The largest absolute Gasteiger partial charge is 0.493 e. The Labute approximate surface area is 185 Å². The van der Waals surface area contributed by atoms with Crippen LogP contribution in [0.25, 0.3) is 0 Å². The van der Waals surface area contributed by atoms with E-state index in [-0.39, 0.29) is 35.8 Å². The normalized spacial score (nSPS) is 11.7. The first kappa shape index (κ1) is 25.5. The maximum atomic E-state index is 13.8. The van der Waals surface area contributed by atoms with Gasteiger partial charge >= 0.3 is 0 Å². The molecule has 0 saturated heterocycles. The van der Waals surface area contributed by atoms with Crippen LogP contribution in [0.5, 0.6) is 11.5 Å². The van der Waals surface area contributed by atoms with Gasteiger partial charge in [0.1, 0.15) is 12.4 Å². The smallest absolute Gasteiger partial charge is 0.180 e. The number of rotatable bonds is 8. The summed E-state index contributed by atoms with van der Waals surface area (Å²) in [6.45, 7) is 11.8. The molecule has 0 aliphatic carbocycles. The van der Waals surface area contributed by atoms with E-state index in [0.717, 1.165) is 12.0 Å². The van der Waals surface area contributed by atoms with Gasteiger partial charge in [-0.25, -0.2) is 4.39 Å². The molecule has 0 saturated carbocycles. The number of nitrogens with one attached hydrogen (secondary N) is 1. The van der Waals surface area contributed by atoms with Crippen LogP contribution in [0, 0.1) is 11.2 Å². The molecule has 0 spiro atoms. The van der Waals surface area contributed by atoms with Crippen LogP contribution in [0.1, 0.15) is 52.2 Å². The Morgan fingerprint density at radius 3 is 2.31 bits per heavy atom. The zero-order valence-corrected chi connectivity index (χ0v) is 19.6. The standard InChI is InChI=1S/C23H31ClFNO2.ClH/c1-22(2,3)15-23(4,5)26-13-16-11-18(24)21(20(12-16)27-6)28-14-17-9-7-8-10-19(17)25;/h7-12,26H,13-15H2,1-6H3;1H. The molecule has 0 unspecified atom stereocenters. The summed E-state index contributed by atoms with van der Waals surface area (Å²) in [5.74, 6) is 0.652. The van der Waals surface area contributed by atoms with Crippen molar-refractivity contribution in [2.24, 2.45) is 5.41 Å². The summed E-state index contributed by atoms with van der Waals surface area (Å²) in [7, 11) is 1.57. The van der Waals surface area contributed by atoms with Crippen LogP contribution in [0.15, 0.2) is 36.4 Å². The number of halogens is 3. The van der Waals surface area contributed by atoms with E-state index in [1.165, 1.54) is 6.07 Å². The van der Waals surface area contributed by atoms with Crippen LogP contribution in [-0.4, -0.2) is 12.6 Å². The van der Waals surface area contributed by atoms with Crippen molar-refractivity contribution in [3.05, 3.63) is 58.4 Å². The average molecular weight is 444 g/mol. The highest BCUT2D eigenvalue weighted by Crippen LogP contribution is 2.37. The van der Waals surface area contributed by atoms with Gasteiger partial charge in [-0.1, -0.05) is 50.6 Å². The van der Waals surface area contributed by atoms with Gasteiger partial charge in [-0.3, -0.25) is 0 Å².